The van der Waals surface area contributed by atoms with Gasteiger partial charge in [0, 0.05) is 34.4 Å². The van der Waals surface area contributed by atoms with Crippen LogP contribution in [0.4, 0.5) is 0 Å². The summed E-state index contributed by atoms with van der Waals surface area (Å²) in [6.45, 7) is 5.89. The first-order valence-corrected chi connectivity index (χ1v) is 13.7. The van der Waals surface area contributed by atoms with Gasteiger partial charge in [0.05, 0.1) is 0 Å². The van der Waals surface area contributed by atoms with Gasteiger partial charge in [0.2, 0.25) is 0 Å². The molecule has 0 aliphatic heterocycles. The van der Waals surface area contributed by atoms with Crippen molar-refractivity contribution < 1.29 is 14.4 Å². The Balaban J connectivity index is 1.58. The van der Waals surface area contributed by atoms with Crippen LogP contribution >= 0.6 is 0 Å². The Morgan fingerprint density at radius 2 is 0.667 bits per heavy atom. The van der Waals surface area contributed by atoms with E-state index in [-0.39, 0.29) is 35.1 Å². The zero-order valence-electron chi connectivity index (χ0n) is 23.0. The highest BCUT2D eigenvalue weighted by Crippen LogP contribution is 2.23. The van der Waals surface area contributed by atoms with E-state index in [0.29, 0.717) is 36.0 Å². The van der Waals surface area contributed by atoms with Gasteiger partial charge in [0.15, 0.2) is 17.3 Å². The minimum atomic E-state index is -0.192. The van der Waals surface area contributed by atoms with Gasteiger partial charge in [-0.05, 0) is 36.0 Å². The number of Topliss-reactive ketones (excluding diaryl/α,β-unsaturated/α-hetero) is 3. The number of benzene rings is 4. The molecular weight excluding hydrogens is 480 g/mol. The molecule has 0 spiro atoms. The molecule has 0 radical (unpaired) electrons. The molecule has 0 aliphatic carbocycles. The molecule has 3 nitrogen and oxygen atoms in total. The molecule has 0 N–H and O–H groups in total. The Bertz CT molecular complexity index is 1220. The van der Waals surface area contributed by atoms with Crippen LogP contribution in [0, 0.1) is 17.8 Å². The van der Waals surface area contributed by atoms with Crippen LogP contribution in [0.5, 0.6) is 0 Å². The minimum Gasteiger partial charge on any atom is -0.294 e. The Hall–Kier alpha value is -4.11. The molecule has 0 aromatic heterocycles. The summed E-state index contributed by atoms with van der Waals surface area (Å²) in [5.74, 6) is -0.236. The predicted molar refractivity (Wildman–Crippen MR) is 157 cm³/mol. The van der Waals surface area contributed by atoms with Crippen molar-refractivity contribution in [1.29, 1.82) is 0 Å². The van der Waals surface area contributed by atoms with Gasteiger partial charge in [-0.3, -0.25) is 14.4 Å². The highest BCUT2D eigenvalue weighted by Gasteiger charge is 2.21. The van der Waals surface area contributed by atoms with Gasteiger partial charge in [0.25, 0.3) is 0 Å². The number of carbonyl (C=O) groups is 3. The lowest BCUT2D eigenvalue weighted by Gasteiger charge is -2.17. The number of carbonyl (C=O) groups excluding carboxylic acids is 3. The molecule has 3 heteroatoms. The van der Waals surface area contributed by atoms with Gasteiger partial charge in [-0.1, -0.05) is 130 Å². The largest absolute Gasteiger partial charge is 0.294 e. The summed E-state index contributed by atoms with van der Waals surface area (Å²) in [5, 5.41) is 0. The summed E-state index contributed by atoms with van der Waals surface area (Å²) in [5.41, 5.74) is 5.30. The highest BCUT2D eigenvalue weighted by atomic mass is 16.1. The van der Waals surface area contributed by atoms with Crippen LogP contribution in [0.1, 0.15) is 68.5 Å². The number of ketones is 3. The normalized spacial score (nSPS) is 13.3. The number of hydrogen-bond donors (Lipinski definition) is 0. The molecule has 4 rings (SSSR count). The van der Waals surface area contributed by atoms with E-state index in [1.165, 1.54) is 0 Å². The molecular formula is C36H36O3. The summed E-state index contributed by atoms with van der Waals surface area (Å²) in [6.07, 6.45) is 1.78. The van der Waals surface area contributed by atoms with Gasteiger partial charge in [-0.25, -0.2) is 0 Å². The molecule has 4 aromatic carbocycles. The van der Waals surface area contributed by atoms with E-state index in [1.54, 1.807) is 0 Å². The fraction of sp³-hybridized carbons (Fsp3) is 0.250. The van der Waals surface area contributed by atoms with E-state index in [9.17, 15) is 14.4 Å². The lowest BCUT2D eigenvalue weighted by atomic mass is 9.86. The molecule has 0 aliphatic rings. The number of rotatable bonds is 12. The van der Waals surface area contributed by atoms with Crippen LogP contribution in [0.2, 0.25) is 0 Å². The van der Waals surface area contributed by atoms with E-state index in [0.717, 1.165) is 16.7 Å². The zero-order chi connectivity index (χ0) is 27.8. The second-order valence-corrected chi connectivity index (χ2v) is 10.7. The van der Waals surface area contributed by atoms with Crippen molar-refractivity contribution in [3.05, 3.63) is 143 Å². The molecule has 198 valence electrons. The van der Waals surface area contributed by atoms with Crippen molar-refractivity contribution in [3.8, 4) is 0 Å². The van der Waals surface area contributed by atoms with Gasteiger partial charge in [-0.15, -0.1) is 0 Å². The molecule has 4 aromatic rings. The average molecular weight is 517 g/mol. The SMILES string of the molecule is CC(Cc1cc(CC(C)C(=O)c2ccccc2)cc(CC(C)C(=O)c2ccccc2)c1)C(=O)c1ccccc1. The summed E-state index contributed by atoms with van der Waals surface area (Å²) < 4.78 is 0. The summed E-state index contributed by atoms with van der Waals surface area (Å²) in [6, 6.07) is 34.5. The van der Waals surface area contributed by atoms with Crippen LogP contribution in [0.15, 0.2) is 109 Å². The average Bonchev–Trinajstić information content (AvgIpc) is 2.97. The molecule has 0 amide bonds. The van der Waals surface area contributed by atoms with Crippen LogP contribution in [0.25, 0.3) is 0 Å². The molecule has 0 heterocycles. The third-order valence-electron chi connectivity index (χ3n) is 7.26. The van der Waals surface area contributed by atoms with Gasteiger partial charge in [0.1, 0.15) is 0 Å². The topological polar surface area (TPSA) is 51.2 Å². The zero-order valence-corrected chi connectivity index (χ0v) is 23.0. The van der Waals surface area contributed by atoms with Crippen LogP contribution < -0.4 is 0 Å². The second kappa shape index (κ2) is 13.1. The Morgan fingerprint density at radius 3 is 0.897 bits per heavy atom. The predicted octanol–water partition coefficient (Wildman–Crippen LogP) is 7.87. The summed E-state index contributed by atoms with van der Waals surface area (Å²) in [7, 11) is 0. The lowest BCUT2D eigenvalue weighted by molar-refractivity contribution is 0.0923. The fourth-order valence-electron chi connectivity index (χ4n) is 5.19. The van der Waals surface area contributed by atoms with E-state index < -0.39 is 0 Å². The third-order valence-corrected chi connectivity index (χ3v) is 7.26. The molecule has 0 saturated carbocycles. The van der Waals surface area contributed by atoms with Crippen LogP contribution in [-0.2, 0) is 19.3 Å². The fourth-order valence-corrected chi connectivity index (χ4v) is 5.19. The Morgan fingerprint density at radius 1 is 0.436 bits per heavy atom. The van der Waals surface area contributed by atoms with E-state index >= 15 is 0 Å². The van der Waals surface area contributed by atoms with Crippen molar-refractivity contribution >= 4 is 17.3 Å². The second-order valence-electron chi connectivity index (χ2n) is 10.7. The maximum Gasteiger partial charge on any atom is 0.165 e. The van der Waals surface area contributed by atoms with Gasteiger partial charge < -0.3 is 0 Å². The molecule has 0 bridgehead atoms. The Kier molecular flexibility index (Phi) is 9.38. The lowest BCUT2D eigenvalue weighted by Crippen LogP contribution is -2.17. The first-order valence-electron chi connectivity index (χ1n) is 13.7. The van der Waals surface area contributed by atoms with Crippen molar-refractivity contribution in [2.75, 3.05) is 0 Å². The molecule has 3 atom stereocenters. The summed E-state index contributed by atoms with van der Waals surface area (Å²) >= 11 is 0. The maximum atomic E-state index is 13.1. The van der Waals surface area contributed by atoms with Crippen molar-refractivity contribution in [2.24, 2.45) is 17.8 Å². The van der Waals surface area contributed by atoms with E-state index in [2.05, 4.69) is 18.2 Å². The maximum absolute atomic E-state index is 13.1. The third kappa shape index (κ3) is 7.48. The van der Waals surface area contributed by atoms with Gasteiger partial charge >= 0.3 is 0 Å². The standard InChI is InChI=1S/C36H36O3/c1-25(34(37)31-13-7-4-8-14-31)19-28-22-29(20-26(2)35(38)32-15-9-5-10-16-32)24-30(23-28)21-27(3)36(39)33-17-11-6-12-18-33/h4-18,22-27H,19-21H2,1-3H3. The molecule has 39 heavy (non-hydrogen) atoms. The van der Waals surface area contributed by atoms with Gasteiger partial charge in [-0.2, -0.15) is 0 Å². The molecule has 0 fully saturated rings. The first-order chi connectivity index (χ1) is 18.8. The van der Waals surface area contributed by atoms with E-state index in [1.807, 2.05) is 112 Å². The van der Waals surface area contributed by atoms with Crippen molar-refractivity contribution in [1.82, 2.24) is 0 Å². The van der Waals surface area contributed by atoms with Crippen molar-refractivity contribution in [2.45, 2.75) is 40.0 Å². The minimum absolute atomic E-state index is 0.114. The van der Waals surface area contributed by atoms with Crippen LogP contribution in [0.3, 0.4) is 0 Å². The Labute approximate surface area is 231 Å². The monoisotopic (exact) mass is 516 g/mol. The first kappa shape index (κ1) is 27.9. The highest BCUT2D eigenvalue weighted by molar-refractivity contribution is 5.99. The quantitative estimate of drug-likeness (QED) is 0.180. The smallest absolute Gasteiger partial charge is 0.165 e. The molecule has 0 saturated heterocycles. The van der Waals surface area contributed by atoms with E-state index in [4.69, 9.17) is 0 Å². The summed E-state index contributed by atoms with van der Waals surface area (Å²) in [4.78, 5) is 39.2. The van der Waals surface area contributed by atoms with Crippen LogP contribution in [-0.4, -0.2) is 17.3 Å². The van der Waals surface area contributed by atoms with Crippen molar-refractivity contribution in [3.63, 3.8) is 0 Å². The molecule has 3 unspecified atom stereocenters. The number of hydrogen-bond acceptors (Lipinski definition) is 3.